The van der Waals surface area contributed by atoms with Gasteiger partial charge in [0.25, 0.3) is 0 Å². The third kappa shape index (κ3) is 1.17. The second-order valence-corrected chi connectivity index (χ2v) is 3.70. The Kier molecular flexibility index (Phi) is 1.67. The van der Waals surface area contributed by atoms with Crippen LogP contribution < -0.4 is 9.47 Å². The SMILES string of the molecule is Cc1cc(I)cc2c1OCO2. The summed E-state index contributed by atoms with van der Waals surface area (Å²) in [6.07, 6.45) is 0. The van der Waals surface area contributed by atoms with Crippen molar-refractivity contribution in [3.05, 3.63) is 21.3 Å². The Bertz CT molecular complexity index is 296. The smallest absolute Gasteiger partial charge is 0.231 e. The zero-order chi connectivity index (χ0) is 7.84. The number of halogens is 1. The van der Waals surface area contributed by atoms with E-state index in [1.54, 1.807) is 0 Å². The lowest BCUT2D eigenvalue weighted by Gasteiger charge is -1.99. The Morgan fingerprint density at radius 1 is 1.36 bits per heavy atom. The lowest BCUT2D eigenvalue weighted by molar-refractivity contribution is 0.173. The first kappa shape index (κ1) is 7.21. The second kappa shape index (κ2) is 2.55. The summed E-state index contributed by atoms with van der Waals surface area (Å²) in [5.74, 6) is 1.76. The third-order valence-corrected chi connectivity index (χ3v) is 2.25. The molecule has 2 nitrogen and oxygen atoms in total. The van der Waals surface area contributed by atoms with Gasteiger partial charge in [0.2, 0.25) is 6.79 Å². The summed E-state index contributed by atoms with van der Waals surface area (Å²) in [6, 6.07) is 4.06. The van der Waals surface area contributed by atoms with Crippen molar-refractivity contribution in [2.24, 2.45) is 0 Å². The molecule has 0 radical (unpaired) electrons. The minimum atomic E-state index is 0.357. The molecule has 1 aliphatic heterocycles. The average molecular weight is 262 g/mol. The molecule has 1 heterocycles. The van der Waals surface area contributed by atoms with Crippen LogP contribution in [0.2, 0.25) is 0 Å². The number of hydrogen-bond donors (Lipinski definition) is 0. The van der Waals surface area contributed by atoms with Crippen molar-refractivity contribution < 1.29 is 9.47 Å². The normalized spacial score (nSPS) is 13.6. The van der Waals surface area contributed by atoms with Crippen LogP contribution in [-0.4, -0.2) is 6.79 Å². The van der Waals surface area contributed by atoms with Crippen molar-refractivity contribution in [1.29, 1.82) is 0 Å². The lowest BCUT2D eigenvalue weighted by Crippen LogP contribution is -1.93. The molecule has 0 atom stereocenters. The molecule has 0 bridgehead atoms. The Morgan fingerprint density at radius 2 is 2.18 bits per heavy atom. The molecule has 0 fully saturated rings. The Labute approximate surface area is 78.6 Å². The van der Waals surface area contributed by atoms with E-state index in [0.29, 0.717) is 6.79 Å². The minimum Gasteiger partial charge on any atom is -0.454 e. The van der Waals surface area contributed by atoms with E-state index in [-0.39, 0.29) is 0 Å². The largest absolute Gasteiger partial charge is 0.454 e. The number of aryl methyl sites for hydroxylation is 1. The highest BCUT2D eigenvalue weighted by Crippen LogP contribution is 2.36. The van der Waals surface area contributed by atoms with Gasteiger partial charge in [-0.2, -0.15) is 0 Å². The van der Waals surface area contributed by atoms with Crippen LogP contribution in [0.3, 0.4) is 0 Å². The van der Waals surface area contributed by atoms with Crippen LogP contribution in [0.5, 0.6) is 11.5 Å². The number of fused-ring (bicyclic) bond motifs is 1. The van der Waals surface area contributed by atoms with Gasteiger partial charge in [0.05, 0.1) is 0 Å². The van der Waals surface area contributed by atoms with E-state index in [1.807, 2.05) is 13.0 Å². The molecule has 0 saturated heterocycles. The van der Waals surface area contributed by atoms with E-state index < -0.39 is 0 Å². The Morgan fingerprint density at radius 3 is 3.00 bits per heavy atom. The monoisotopic (exact) mass is 262 g/mol. The van der Waals surface area contributed by atoms with Gasteiger partial charge in [0.15, 0.2) is 11.5 Å². The molecule has 0 N–H and O–H groups in total. The van der Waals surface area contributed by atoms with E-state index in [2.05, 4.69) is 28.7 Å². The van der Waals surface area contributed by atoms with Crippen molar-refractivity contribution in [2.75, 3.05) is 6.79 Å². The fourth-order valence-corrected chi connectivity index (χ4v) is 1.89. The number of benzene rings is 1. The molecule has 0 saturated carbocycles. The van der Waals surface area contributed by atoms with Gasteiger partial charge in [-0.05, 0) is 47.2 Å². The van der Waals surface area contributed by atoms with E-state index in [0.717, 1.165) is 17.1 Å². The summed E-state index contributed by atoms with van der Waals surface area (Å²) in [7, 11) is 0. The zero-order valence-electron chi connectivity index (χ0n) is 6.06. The zero-order valence-corrected chi connectivity index (χ0v) is 8.21. The first-order chi connectivity index (χ1) is 5.27. The molecule has 0 aliphatic carbocycles. The topological polar surface area (TPSA) is 18.5 Å². The summed E-state index contributed by atoms with van der Waals surface area (Å²) in [4.78, 5) is 0. The van der Waals surface area contributed by atoms with Crippen molar-refractivity contribution in [3.8, 4) is 11.5 Å². The summed E-state index contributed by atoms with van der Waals surface area (Å²) in [5, 5.41) is 0. The van der Waals surface area contributed by atoms with E-state index in [9.17, 15) is 0 Å². The van der Waals surface area contributed by atoms with Crippen LogP contribution >= 0.6 is 22.6 Å². The van der Waals surface area contributed by atoms with Gasteiger partial charge in [-0.1, -0.05) is 0 Å². The van der Waals surface area contributed by atoms with Crippen LogP contribution in [0.15, 0.2) is 12.1 Å². The Hall–Kier alpha value is -0.450. The quantitative estimate of drug-likeness (QED) is 0.668. The third-order valence-electron chi connectivity index (χ3n) is 1.62. The standard InChI is InChI=1S/C8H7IO2/c1-5-2-6(9)3-7-8(5)11-4-10-7/h2-3H,4H2,1H3. The van der Waals surface area contributed by atoms with Crippen LogP contribution in [0, 0.1) is 10.5 Å². The maximum Gasteiger partial charge on any atom is 0.231 e. The maximum atomic E-state index is 5.26. The molecule has 11 heavy (non-hydrogen) atoms. The highest BCUT2D eigenvalue weighted by Gasteiger charge is 2.15. The van der Waals surface area contributed by atoms with Crippen LogP contribution in [-0.2, 0) is 0 Å². The average Bonchev–Trinajstić information content (AvgIpc) is 2.34. The molecule has 2 rings (SSSR count). The van der Waals surface area contributed by atoms with E-state index in [1.165, 1.54) is 3.57 Å². The molecule has 0 spiro atoms. The number of hydrogen-bond acceptors (Lipinski definition) is 2. The summed E-state index contributed by atoms with van der Waals surface area (Å²) >= 11 is 2.26. The minimum absolute atomic E-state index is 0.357. The highest BCUT2D eigenvalue weighted by atomic mass is 127. The maximum absolute atomic E-state index is 5.26. The molecule has 0 unspecified atom stereocenters. The molecule has 58 valence electrons. The van der Waals surface area contributed by atoms with Crippen molar-refractivity contribution in [2.45, 2.75) is 6.92 Å². The van der Waals surface area contributed by atoms with Gasteiger partial charge < -0.3 is 9.47 Å². The van der Waals surface area contributed by atoms with Gasteiger partial charge in [0, 0.05) is 3.57 Å². The second-order valence-electron chi connectivity index (χ2n) is 2.46. The fourth-order valence-electron chi connectivity index (χ4n) is 1.14. The van der Waals surface area contributed by atoms with E-state index >= 15 is 0 Å². The first-order valence-corrected chi connectivity index (χ1v) is 4.41. The van der Waals surface area contributed by atoms with Gasteiger partial charge in [-0.3, -0.25) is 0 Å². The summed E-state index contributed by atoms with van der Waals surface area (Å²) < 4.78 is 11.7. The molecular weight excluding hydrogens is 255 g/mol. The van der Waals surface area contributed by atoms with Gasteiger partial charge in [-0.25, -0.2) is 0 Å². The van der Waals surface area contributed by atoms with Crippen molar-refractivity contribution in [1.82, 2.24) is 0 Å². The highest BCUT2D eigenvalue weighted by molar-refractivity contribution is 14.1. The lowest BCUT2D eigenvalue weighted by atomic mass is 10.2. The molecule has 0 amide bonds. The number of rotatable bonds is 0. The molecule has 1 aromatic carbocycles. The number of ether oxygens (including phenoxy) is 2. The van der Waals surface area contributed by atoms with Crippen LogP contribution in [0.25, 0.3) is 0 Å². The van der Waals surface area contributed by atoms with Gasteiger partial charge >= 0.3 is 0 Å². The molecule has 1 aliphatic rings. The molecule has 3 heteroatoms. The first-order valence-electron chi connectivity index (χ1n) is 3.33. The van der Waals surface area contributed by atoms with Crippen molar-refractivity contribution >= 4 is 22.6 Å². The predicted molar refractivity (Wildman–Crippen MR) is 50.0 cm³/mol. The van der Waals surface area contributed by atoms with Gasteiger partial charge in [0.1, 0.15) is 0 Å². The van der Waals surface area contributed by atoms with E-state index in [4.69, 9.17) is 9.47 Å². The molecular formula is C8H7IO2. The fraction of sp³-hybridized carbons (Fsp3) is 0.250. The van der Waals surface area contributed by atoms with Crippen LogP contribution in [0.4, 0.5) is 0 Å². The van der Waals surface area contributed by atoms with Gasteiger partial charge in [-0.15, -0.1) is 0 Å². The van der Waals surface area contributed by atoms with Crippen molar-refractivity contribution in [3.63, 3.8) is 0 Å². The summed E-state index contributed by atoms with van der Waals surface area (Å²) in [6.45, 7) is 2.38. The predicted octanol–water partition coefficient (Wildman–Crippen LogP) is 2.33. The molecule has 0 aromatic heterocycles. The van der Waals surface area contributed by atoms with Crippen LogP contribution in [0.1, 0.15) is 5.56 Å². The summed E-state index contributed by atoms with van der Waals surface area (Å²) in [5.41, 5.74) is 1.14. The molecule has 1 aromatic rings. The Balaban J connectivity index is 2.60.